The molecule has 0 aliphatic carbocycles. The number of pyridine rings is 1. The van der Waals surface area contributed by atoms with Crippen molar-refractivity contribution in [3.8, 4) is 5.88 Å². The van der Waals surface area contributed by atoms with Gasteiger partial charge in [0, 0.05) is 6.07 Å². The zero-order valence-electron chi connectivity index (χ0n) is 7.26. The third-order valence-electron chi connectivity index (χ3n) is 1.53. The largest absolute Gasteiger partial charge is 0.481 e. The number of nitrogens with zero attached hydrogens (tertiary/aromatic N) is 2. The molecule has 7 heteroatoms. The quantitative estimate of drug-likeness (QED) is 0.281. The fraction of sp³-hybridized carbons (Fsp3) is 0.143. The van der Waals surface area contributed by atoms with Crippen molar-refractivity contribution >= 4 is 25.3 Å². The van der Waals surface area contributed by atoms with Gasteiger partial charge >= 0.3 is 0 Å². The molecule has 0 saturated carbocycles. The van der Waals surface area contributed by atoms with Crippen LogP contribution in [0, 0.1) is 10.1 Å². The van der Waals surface area contributed by atoms with Crippen LogP contribution in [0.15, 0.2) is 6.07 Å². The minimum Gasteiger partial charge on any atom is -0.481 e. The molecule has 1 heterocycles. The lowest BCUT2D eigenvalue weighted by Crippen LogP contribution is -2.13. The molecule has 1 aromatic rings. The van der Waals surface area contributed by atoms with E-state index >= 15 is 0 Å². The second-order valence-electron chi connectivity index (χ2n) is 2.37. The molecule has 0 N–H and O–H groups in total. The van der Waals surface area contributed by atoms with E-state index in [-0.39, 0.29) is 23.3 Å². The summed E-state index contributed by atoms with van der Waals surface area (Å²) in [6.45, 7) is 0. The molecule has 6 nitrogen and oxygen atoms in total. The first-order valence-corrected chi connectivity index (χ1v) is 3.54. The van der Waals surface area contributed by atoms with Crippen LogP contribution >= 0.6 is 0 Å². The van der Waals surface area contributed by atoms with Crippen LogP contribution in [0.3, 0.4) is 0 Å². The standard InChI is InChI=1S/C7H5BN2O4/c1-14-7-4(8)2-6(10(12)13)5(3-11)9-7/h2-3H,1H3. The molecule has 1 aromatic heterocycles. The number of ether oxygens (including phenoxy) is 1. The molecule has 0 aliphatic heterocycles. The number of hydrogen-bond acceptors (Lipinski definition) is 5. The third-order valence-corrected chi connectivity index (χ3v) is 1.53. The number of aromatic nitrogens is 1. The number of carbonyl (C=O) groups is 1. The average Bonchev–Trinajstić information content (AvgIpc) is 2.17. The van der Waals surface area contributed by atoms with Gasteiger partial charge in [0.2, 0.25) is 5.88 Å². The van der Waals surface area contributed by atoms with Crippen molar-refractivity contribution in [1.29, 1.82) is 0 Å². The van der Waals surface area contributed by atoms with E-state index < -0.39 is 10.6 Å². The van der Waals surface area contributed by atoms with Crippen molar-refractivity contribution in [2.24, 2.45) is 0 Å². The highest BCUT2D eigenvalue weighted by Gasteiger charge is 2.17. The summed E-state index contributed by atoms with van der Waals surface area (Å²) in [4.78, 5) is 23.7. The normalized spacial score (nSPS) is 9.50. The molecule has 0 atom stereocenters. The summed E-state index contributed by atoms with van der Waals surface area (Å²) in [5.74, 6) is -0.00213. The zero-order chi connectivity index (χ0) is 10.7. The molecular formula is C7H5BN2O4. The highest BCUT2D eigenvalue weighted by Crippen LogP contribution is 2.15. The van der Waals surface area contributed by atoms with E-state index in [2.05, 4.69) is 4.98 Å². The Balaban J connectivity index is 3.38. The Labute approximate surface area is 80.5 Å². The van der Waals surface area contributed by atoms with Gasteiger partial charge in [-0.15, -0.1) is 0 Å². The van der Waals surface area contributed by atoms with Gasteiger partial charge in [0.15, 0.2) is 12.0 Å². The average molecular weight is 192 g/mol. The summed E-state index contributed by atoms with van der Waals surface area (Å²) in [7, 11) is 6.69. The van der Waals surface area contributed by atoms with E-state index in [1.807, 2.05) is 0 Å². The molecule has 1 rings (SSSR count). The molecule has 14 heavy (non-hydrogen) atoms. The first-order chi connectivity index (χ1) is 6.60. The summed E-state index contributed by atoms with van der Waals surface area (Å²) in [6.07, 6.45) is 0.278. The van der Waals surface area contributed by atoms with Crippen LogP contribution in [-0.4, -0.2) is 31.1 Å². The molecule has 0 aliphatic rings. The lowest BCUT2D eigenvalue weighted by molar-refractivity contribution is -0.385. The summed E-state index contributed by atoms with van der Waals surface area (Å²) >= 11 is 0. The number of aldehydes is 1. The summed E-state index contributed by atoms with van der Waals surface area (Å²) < 4.78 is 4.70. The SMILES string of the molecule is [B]c1cc([N+](=O)[O-])c(C=O)nc1OC. The first-order valence-electron chi connectivity index (χ1n) is 3.54. The Bertz CT molecular complexity index is 394. The maximum atomic E-state index is 10.4. The van der Waals surface area contributed by atoms with Gasteiger partial charge in [-0.05, 0) is 5.46 Å². The highest BCUT2D eigenvalue weighted by atomic mass is 16.6. The lowest BCUT2D eigenvalue weighted by atomic mass is 9.97. The maximum Gasteiger partial charge on any atom is 0.297 e. The van der Waals surface area contributed by atoms with Gasteiger partial charge in [0.25, 0.3) is 5.69 Å². The Hall–Kier alpha value is -1.92. The minimum absolute atomic E-state index is 0.00213. The molecule has 2 radical (unpaired) electrons. The van der Waals surface area contributed by atoms with E-state index in [1.54, 1.807) is 0 Å². The van der Waals surface area contributed by atoms with E-state index in [0.29, 0.717) is 0 Å². The monoisotopic (exact) mass is 192 g/mol. The van der Waals surface area contributed by atoms with Crippen LogP contribution in [-0.2, 0) is 0 Å². The van der Waals surface area contributed by atoms with Gasteiger partial charge in [-0.25, -0.2) is 4.98 Å². The van der Waals surface area contributed by atoms with E-state index in [0.717, 1.165) is 6.07 Å². The number of carbonyl (C=O) groups excluding carboxylic acids is 1. The van der Waals surface area contributed by atoms with Gasteiger partial charge in [-0.2, -0.15) is 0 Å². The number of hydrogen-bond donors (Lipinski definition) is 0. The third kappa shape index (κ3) is 1.71. The van der Waals surface area contributed by atoms with Gasteiger partial charge in [0.05, 0.1) is 12.0 Å². The van der Waals surface area contributed by atoms with Crippen molar-refractivity contribution in [3.63, 3.8) is 0 Å². The van der Waals surface area contributed by atoms with Crippen LogP contribution in [0.25, 0.3) is 0 Å². The van der Waals surface area contributed by atoms with E-state index in [1.165, 1.54) is 7.11 Å². The first kappa shape index (κ1) is 10.2. The Morgan fingerprint density at radius 2 is 2.36 bits per heavy atom. The van der Waals surface area contributed by atoms with Gasteiger partial charge < -0.3 is 4.74 Å². The molecule has 0 amide bonds. The topological polar surface area (TPSA) is 82.3 Å². The lowest BCUT2D eigenvalue weighted by Gasteiger charge is -2.03. The number of nitro groups is 1. The van der Waals surface area contributed by atoms with Crippen molar-refractivity contribution in [2.75, 3.05) is 7.11 Å². The van der Waals surface area contributed by atoms with Crippen LogP contribution in [0.2, 0.25) is 0 Å². The zero-order valence-corrected chi connectivity index (χ0v) is 7.26. The Morgan fingerprint density at radius 3 is 2.79 bits per heavy atom. The second-order valence-corrected chi connectivity index (χ2v) is 2.37. The molecule has 0 bridgehead atoms. The van der Waals surface area contributed by atoms with Crippen molar-refractivity contribution in [1.82, 2.24) is 4.98 Å². The highest BCUT2D eigenvalue weighted by molar-refractivity contribution is 6.34. The van der Waals surface area contributed by atoms with Crippen LogP contribution in [0.5, 0.6) is 5.88 Å². The van der Waals surface area contributed by atoms with Gasteiger partial charge in [-0.1, -0.05) is 0 Å². The fourth-order valence-electron chi connectivity index (χ4n) is 0.911. The van der Waals surface area contributed by atoms with Crippen LogP contribution < -0.4 is 10.2 Å². The predicted octanol–water partition coefficient (Wildman–Crippen LogP) is -0.395. The molecule has 0 saturated heterocycles. The van der Waals surface area contributed by atoms with E-state index in [9.17, 15) is 14.9 Å². The van der Waals surface area contributed by atoms with Crippen molar-refractivity contribution in [2.45, 2.75) is 0 Å². The second kappa shape index (κ2) is 3.86. The van der Waals surface area contributed by atoms with Crippen molar-refractivity contribution < 1.29 is 14.5 Å². The summed E-state index contributed by atoms with van der Waals surface area (Å²) in [6, 6.07) is 1.04. The van der Waals surface area contributed by atoms with Gasteiger partial charge in [-0.3, -0.25) is 14.9 Å². The molecule has 0 unspecified atom stereocenters. The number of methoxy groups -OCH3 is 1. The minimum atomic E-state index is -0.730. The van der Waals surface area contributed by atoms with Crippen molar-refractivity contribution in [3.05, 3.63) is 21.9 Å². The number of rotatable bonds is 3. The predicted molar refractivity (Wildman–Crippen MR) is 48.2 cm³/mol. The maximum absolute atomic E-state index is 10.4. The fourth-order valence-corrected chi connectivity index (χ4v) is 0.911. The summed E-state index contributed by atoms with van der Waals surface area (Å²) in [5.41, 5.74) is -0.718. The van der Waals surface area contributed by atoms with E-state index in [4.69, 9.17) is 12.6 Å². The summed E-state index contributed by atoms with van der Waals surface area (Å²) in [5, 5.41) is 10.4. The van der Waals surface area contributed by atoms with Crippen LogP contribution in [0.1, 0.15) is 10.5 Å². The molecule has 0 spiro atoms. The molecule has 70 valence electrons. The van der Waals surface area contributed by atoms with Gasteiger partial charge in [0.1, 0.15) is 7.85 Å². The Kier molecular flexibility index (Phi) is 2.81. The molecule has 0 fully saturated rings. The smallest absolute Gasteiger partial charge is 0.297 e. The van der Waals surface area contributed by atoms with Crippen LogP contribution in [0.4, 0.5) is 5.69 Å². The molecular weight excluding hydrogens is 187 g/mol. The molecule has 0 aromatic carbocycles. The Morgan fingerprint density at radius 1 is 1.71 bits per heavy atom.